The van der Waals surface area contributed by atoms with Gasteiger partial charge in [-0.05, 0) is 12.1 Å². The van der Waals surface area contributed by atoms with Crippen LogP contribution in [0, 0.1) is 0 Å². The number of primary amides is 1. The number of amides is 2. The van der Waals surface area contributed by atoms with E-state index in [0.717, 1.165) is 4.90 Å². The average Bonchev–Trinajstić information content (AvgIpc) is 2.88. The van der Waals surface area contributed by atoms with E-state index in [1.165, 1.54) is 6.08 Å². The maximum absolute atomic E-state index is 13.7. The van der Waals surface area contributed by atoms with Gasteiger partial charge in [0.1, 0.15) is 5.70 Å². The van der Waals surface area contributed by atoms with E-state index in [9.17, 15) is 19.2 Å². The molecule has 1 heterocycles. The number of Topliss-reactive ketones (excluding diaryl/α,β-unsaturated/α-hetero) is 2. The van der Waals surface area contributed by atoms with Crippen LogP contribution in [0.25, 0.3) is 0 Å². The van der Waals surface area contributed by atoms with Gasteiger partial charge < -0.3 is 5.73 Å². The summed E-state index contributed by atoms with van der Waals surface area (Å²) in [6, 6.07) is 25.0. The molecule has 0 radical (unpaired) electrons. The predicted octanol–water partition coefficient (Wildman–Crippen LogP) is 3.92. The number of carbonyl (C=O) groups is 4. The van der Waals surface area contributed by atoms with Crippen molar-refractivity contribution in [3.8, 4) is 0 Å². The first-order valence-electron chi connectivity index (χ1n) is 10.3. The van der Waals surface area contributed by atoms with Crippen LogP contribution in [0.4, 0.5) is 0 Å². The van der Waals surface area contributed by atoms with Crippen molar-refractivity contribution in [1.82, 2.24) is 4.90 Å². The van der Waals surface area contributed by atoms with Gasteiger partial charge in [-0.2, -0.15) is 0 Å². The minimum atomic E-state index is -0.831. The lowest BCUT2D eigenvalue weighted by Crippen LogP contribution is -2.40. The van der Waals surface area contributed by atoms with Crippen molar-refractivity contribution in [2.75, 3.05) is 0 Å². The molecule has 1 aliphatic heterocycles. The van der Waals surface area contributed by atoms with Crippen molar-refractivity contribution in [1.29, 1.82) is 0 Å². The molecule has 4 rings (SSSR count). The highest BCUT2D eigenvalue weighted by Gasteiger charge is 2.37. The summed E-state index contributed by atoms with van der Waals surface area (Å²) < 4.78 is 0. The molecule has 6 heteroatoms. The van der Waals surface area contributed by atoms with Gasteiger partial charge in [-0.1, -0.05) is 84.9 Å². The second-order valence-corrected chi connectivity index (χ2v) is 7.38. The molecule has 0 fully saturated rings. The molecule has 3 aromatic carbocycles. The lowest BCUT2D eigenvalue weighted by atomic mass is 9.93. The molecule has 6 nitrogen and oxygen atoms in total. The SMILES string of the molecule is NC(=O)C1=C(C(=O)c2ccccc2)N(C(=O)c2ccccc2)C(C(=O)c2ccccc2)=CC1. The summed E-state index contributed by atoms with van der Waals surface area (Å²) >= 11 is 0. The first-order chi connectivity index (χ1) is 16.0. The van der Waals surface area contributed by atoms with Crippen molar-refractivity contribution in [2.45, 2.75) is 6.42 Å². The number of rotatable bonds is 6. The third-order valence-corrected chi connectivity index (χ3v) is 5.29. The van der Waals surface area contributed by atoms with E-state index >= 15 is 0 Å². The molecule has 0 aromatic heterocycles. The highest BCUT2D eigenvalue weighted by Crippen LogP contribution is 2.32. The molecule has 0 aliphatic carbocycles. The maximum atomic E-state index is 13.7. The van der Waals surface area contributed by atoms with Crippen LogP contribution in [-0.2, 0) is 4.79 Å². The summed E-state index contributed by atoms with van der Waals surface area (Å²) in [7, 11) is 0. The van der Waals surface area contributed by atoms with E-state index in [1.807, 2.05) is 0 Å². The minimum Gasteiger partial charge on any atom is -0.366 e. The molecule has 3 aromatic rings. The van der Waals surface area contributed by atoms with Gasteiger partial charge >= 0.3 is 0 Å². The average molecular weight is 436 g/mol. The zero-order valence-corrected chi connectivity index (χ0v) is 17.6. The lowest BCUT2D eigenvalue weighted by molar-refractivity contribution is -0.114. The zero-order valence-electron chi connectivity index (χ0n) is 17.6. The fourth-order valence-corrected chi connectivity index (χ4v) is 3.68. The first kappa shape index (κ1) is 21.6. The molecule has 0 atom stereocenters. The molecule has 33 heavy (non-hydrogen) atoms. The van der Waals surface area contributed by atoms with Gasteiger partial charge in [0.05, 0.1) is 5.70 Å². The van der Waals surface area contributed by atoms with E-state index in [4.69, 9.17) is 5.73 Å². The fourth-order valence-electron chi connectivity index (χ4n) is 3.68. The smallest absolute Gasteiger partial charge is 0.263 e. The Labute approximate surface area is 190 Å². The Morgan fingerprint density at radius 3 is 1.58 bits per heavy atom. The van der Waals surface area contributed by atoms with Crippen LogP contribution >= 0.6 is 0 Å². The Hall–Kier alpha value is -4.58. The van der Waals surface area contributed by atoms with Crippen LogP contribution in [0.5, 0.6) is 0 Å². The van der Waals surface area contributed by atoms with E-state index < -0.39 is 23.4 Å². The van der Waals surface area contributed by atoms with Crippen LogP contribution in [0.15, 0.2) is 114 Å². The van der Waals surface area contributed by atoms with E-state index in [2.05, 4.69) is 0 Å². The monoisotopic (exact) mass is 436 g/mol. The number of ketones is 2. The van der Waals surface area contributed by atoms with Gasteiger partial charge in [-0.3, -0.25) is 24.1 Å². The van der Waals surface area contributed by atoms with Crippen molar-refractivity contribution in [3.05, 3.63) is 131 Å². The van der Waals surface area contributed by atoms with Gasteiger partial charge in [0.25, 0.3) is 5.91 Å². The second-order valence-electron chi connectivity index (χ2n) is 7.38. The molecule has 0 saturated carbocycles. The largest absolute Gasteiger partial charge is 0.366 e. The molecule has 0 unspecified atom stereocenters. The number of benzene rings is 3. The number of allylic oxidation sites excluding steroid dienone is 3. The molecule has 0 saturated heterocycles. The number of nitrogens with two attached hydrogens (primary N) is 1. The summed E-state index contributed by atoms with van der Waals surface area (Å²) in [6.45, 7) is 0. The molecule has 162 valence electrons. The predicted molar refractivity (Wildman–Crippen MR) is 123 cm³/mol. The highest BCUT2D eigenvalue weighted by molar-refractivity contribution is 6.20. The topological polar surface area (TPSA) is 97.5 Å². The van der Waals surface area contributed by atoms with Crippen LogP contribution in [0.2, 0.25) is 0 Å². The summed E-state index contributed by atoms with van der Waals surface area (Å²) in [5, 5.41) is 0. The lowest BCUT2D eigenvalue weighted by Gasteiger charge is -2.31. The van der Waals surface area contributed by atoms with Crippen molar-refractivity contribution < 1.29 is 19.2 Å². The van der Waals surface area contributed by atoms with Crippen LogP contribution in [0.3, 0.4) is 0 Å². The van der Waals surface area contributed by atoms with E-state index in [0.29, 0.717) is 5.56 Å². The molecule has 1 aliphatic rings. The Bertz CT molecular complexity index is 1290. The number of carbonyl (C=O) groups excluding carboxylic acids is 4. The molecular weight excluding hydrogens is 416 g/mol. The summed E-state index contributed by atoms with van der Waals surface area (Å²) in [4.78, 5) is 54.0. The number of hydrogen-bond donors (Lipinski definition) is 1. The molecular formula is C27H20N2O4. The van der Waals surface area contributed by atoms with E-state index in [-0.39, 0.29) is 34.5 Å². The summed E-state index contributed by atoms with van der Waals surface area (Å²) in [5.74, 6) is -2.45. The van der Waals surface area contributed by atoms with Gasteiger partial charge in [0, 0.05) is 28.7 Å². The van der Waals surface area contributed by atoms with E-state index in [1.54, 1.807) is 91.0 Å². The Morgan fingerprint density at radius 1 is 0.636 bits per heavy atom. The minimum absolute atomic E-state index is 0.000616. The third kappa shape index (κ3) is 4.27. The van der Waals surface area contributed by atoms with Crippen molar-refractivity contribution >= 4 is 23.4 Å². The van der Waals surface area contributed by atoms with Crippen LogP contribution in [-0.4, -0.2) is 28.3 Å². The fraction of sp³-hybridized carbons (Fsp3) is 0.0370. The third-order valence-electron chi connectivity index (χ3n) is 5.29. The molecule has 2 N–H and O–H groups in total. The number of hydrogen-bond acceptors (Lipinski definition) is 4. The number of nitrogens with zero attached hydrogens (tertiary/aromatic N) is 1. The Morgan fingerprint density at radius 2 is 1.09 bits per heavy atom. The standard InChI is InChI=1S/C27H20N2O4/c28-26(32)21-16-17-22(24(30)18-10-4-1-5-11-18)29(27(33)20-14-8-3-9-15-20)23(21)25(31)19-12-6-2-7-13-19/h1-15,17H,16H2,(H2,28,32). The maximum Gasteiger partial charge on any atom is 0.263 e. The summed E-state index contributed by atoms with van der Waals surface area (Å²) in [5.41, 5.74) is 6.25. The van der Waals surface area contributed by atoms with Gasteiger partial charge in [0.2, 0.25) is 17.5 Å². The Balaban J connectivity index is 1.91. The van der Waals surface area contributed by atoms with Gasteiger partial charge in [-0.25, -0.2) is 0 Å². The van der Waals surface area contributed by atoms with Crippen LogP contribution in [0.1, 0.15) is 37.5 Å². The molecule has 0 spiro atoms. The second kappa shape index (κ2) is 9.28. The highest BCUT2D eigenvalue weighted by atomic mass is 16.2. The first-order valence-corrected chi connectivity index (χ1v) is 10.3. The molecule has 2 amide bonds. The summed E-state index contributed by atoms with van der Waals surface area (Å²) in [6.07, 6.45) is 1.42. The van der Waals surface area contributed by atoms with Gasteiger partial charge in [-0.15, -0.1) is 0 Å². The van der Waals surface area contributed by atoms with Crippen LogP contribution < -0.4 is 5.73 Å². The molecule has 0 bridgehead atoms. The van der Waals surface area contributed by atoms with Gasteiger partial charge in [0.15, 0.2) is 0 Å². The van der Waals surface area contributed by atoms with Crippen molar-refractivity contribution in [3.63, 3.8) is 0 Å². The zero-order chi connectivity index (χ0) is 23.4. The normalized spacial score (nSPS) is 13.3. The Kier molecular flexibility index (Phi) is 6.09. The quantitative estimate of drug-likeness (QED) is 0.592. The van der Waals surface area contributed by atoms with Crippen molar-refractivity contribution in [2.24, 2.45) is 5.73 Å².